The molecule has 1 heterocycles. The summed E-state index contributed by atoms with van der Waals surface area (Å²) in [5.74, 6) is -1.68. The van der Waals surface area contributed by atoms with Gasteiger partial charge in [0.15, 0.2) is 10.7 Å². The van der Waals surface area contributed by atoms with Crippen molar-refractivity contribution in [2.75, 3.05) is 0 Å². The summed E-state index contributed by atoms with van der Waals surface area (Å²) in [6.07, 6.45) is 0. The number of carbonyl (C=O) groups excluding carboxylic acids is 1. The molecule has 0 atom stereocenters. The topological polar surface area (TPSA) is 146 Å². The van der Waals surface area contributed by atoms with Crippen LogP contribution in [0, 0.1) is 15.5 Å². The molecule has 1 aromatic carbocycles. The minimum Gasteiger partial charge on any atom is -0.493 e. The Bertz CT molecular complexity index is 778. The average molecular weight is 290 g/mol. The lowest BCUT2D eigenvalue weighted by Gasteiger charge is -1.99. The normalized spacial score (nSPS) is 10.9. The maximum atomic E-state index is 11.6. The first-order valence-corrected chi connectivity index (χ1v) is 5.66. The second kappa shape index (κ2) is 5.36. The maximum absolute atomic E-state index is 11.6. The Hall–Kier alpha value is -3.30. The van der Waals surface area contributed by atoms with Crippen molar-refractivity contribution in [2.45, 2.75) is 6.92 Å². The van der Waals surface area contributed by atoms with Gasteiger partial charge in [-0.25, -0.2) is 14.7 Å². The Morgan fingerprint density at radius 2 is 2.14 bits per heavy atom. The molecule has 0 saturated heterocycles. The summed E-state index contributed by atoms with van der Waals surface area (Å²) in [7, 11) is 0. The predicted molar refractivity (Wildman–Crippen MR) is 72.3 cm³/mol. The molecule has 0 saturated carbocycles. The van der Waals surface area contributed by atoms with E-state index in [-0.39, 0.29) is 5.69 Å². The van der Waals surface area contributed by atoms with Crippen LogP contribution in [0.1, 0.15) is 11.7 Å². The van der Waals surface area contributed by atoms with Crippen LogP contribution in [0.5, 0.6) is 5.88 Å². The highest BCUT2D eigenvalue weighted by molar-refractivity contribution is 6.02. The number of benzene rings is 1. The lowest BCUT2D eigenvalue weighted by atomic mass is 10.2. The average Bonchev–Trinajstić information content (AvgIpc) is 2.67. The molecule has 0 radical (unpaired) electrons. The molecule has 0 aliphatic rings. The van der Waals surface area contributed by atoms with Crippen molar-refractivity contribution in [1.29, 1.82) is 5.41 Å². The van der Waals surface area contributed by atoms with Crippen LogP contribution in [0.15, 0.2) is 34.5 Å². The molecule has 0 amide bonds. The number of nitro groups is 1. The van der Waals surface area contributed by atoms with Gasteiger partial charge in [0.25, 0.3) is 5.96 Å². The number of para-hydroxylation sites is 1. The number of nitrogens with zero attached hydrogens (tertiary/aromatic N) is 4. The standard InChI is InChI=1S/C11H10N6O4/c1-6(18)16-8-5-3-2-4-7(8)9(10(16)19)13-14-11(12)15-17(20)21/h2-5,19H,1H3,(H2,12,15). The summed E-state index contributed by atoms with van der Waals surface area (Å²) < 4.78 is 1.04. The zero-order chi connectivity index (χ0) is 15.6. The van der Waals surface area contributed by atoms with Gasteiger partial charge in [-0.1, -0.05) is 23.6 Å². The fraction of sp³-hybridized carbons (Fsp3) is 0.0909. The van der Waals surface area contributed by atoms with Gasteiger partial charge in [0.05, 0.1) is 5.52 Å². The van der Waals surface area contributed by atoms with E-state index < -0.39 is 22.8 Å². The van der Waals surface area contributed by atoms with Gasteiger partial charge in [0.1, 0.15) is 0 Å². The van der Waals surface area contributed by atoms with E-state index in [1.807, 2.05) is 0 Å². The number of nitrogens with one attached hydrogen (secondary N) is 2. The second-order valence-electron chi connectivity index (χ2n) is 3.96. The number of carbonyl (C=O) groups is 1. The van der Waals surface area contributed by atoms with Gasteiger partial charge in [0.2, 0.25) is 11.8 Å². The van der Waals surface area contributed by atoms with E-state index in [1.54, 1.807) is 24.3 Å². The van der Waals surface area contributed by atoms with Crippen LogP contribution >= 0.6 is 0 Å². The summed E-state index contributed by atoms with van der Waals surface area (Å²) in [6, 6.07) is 6.56. The quantitative estimate of drug-likeness (QED) is 0.254. The van der Waals surface area contributed by atoms with E-state index in [0.29, 0.717) is 10.9 Å². The summed E-state index contributed by atoms with van der Waals surface area (Å²) in [4.78, 5) is 21.7. The zero-order valence-corrected chi connectivity index (χ0v) is 10.8. The second-order valence-corrected chi connectivity index (χ2v) is 3.96. The first kappa shape index (κ1) is 14.1. The SMILES string of the molecule is CC(=O)n1c(O)c(N=NC(=N)N[N+](=O)[O-])c2ccccc21. The first-order valence-electron chi connectivity index (χ1n) is 5.66. The van der Waals surface area contributed by atoms with Gasteiger partial charge < -0.3 is 5.11 Å². The van der Waals surface area contributed by atoms with Crippen molar-refractivity contribution < 1.29 is 14.9 Å². The van der Waals surface area contributed by atoms with Crippen LogP contribution in [0.2, 0.25) is 0 Å². The number of hydrogen-bond donors (Lipinski definition) is 3. The highest BCUT2D eigenvalue weighted by Gasteiger charge is 2.18. The number of guanidine groups is 1. The number of hydrogen-bond acceptors (Lipinski definition) is 6. The maximum Gasteiger partial charge on any atom is 0.296 e. The van der Waals surface area contributed by atoms with E-state index in [4.69, 9.17) is 5.41 Å². The third-order valence-corrected chi connectivity index (χ3v) is 2.59. The van der Waals surface area contributed by atoms with E-state index >= 15 is 0 Å². The van der Waals surface area contributed by atoms with Crippen molar-refractivity contribution in [1.82, 2.24) is 9.99 Å². The fourth-order valence-corrected chi connectivity index (χ4v) is 1.84. The fourth-order valence-electron chi connectivity index (χ4n) is 1.84. The molecule has 0 bridgehead atoms. The molecule has 10 nitrogen and oxygen atoms in total. The third kappa shape index (κ3) is 2.68. The van der Waals surface area contributed by atoms with Crippen LogP contribution in [0.4, 0.5) is 5.69 Å². The van der Waals surface area contributed by atoms with E-state index in [0.717, 1.165) is 4.57 Å². The number of aromatic hydroxyl groups is 1. The number of aromatic nitrogens is 1. The molecule has 1 aromatic heterocycles. The van der Waals surface area contributed by atoms with Gasteiger partial charge in [-0.15, -0.1) is 10.2 Å². The lowest BCUT2D eigenvalue weighted by Crippen LogP contribution is -2.26. The van der Waals surface area contributed by atoms with Gasteiger partial charge in [-0.05, 0) is 6.07 Å². The molecule has 3 N–H and O–H groups in total. The molecule has 10 heteroatoms. The van der Waals surface area contributed by atoms with Crippen LogP contribution < -0.4 is 5.43 Å². The molecule has 21 heavy (non-hydrogen) atoms. The predicted octanol–water partition coefficient (Wildman–Crippen LogP) is 1.81. The highest BCUT2D eigenvalue weighted by atomic mass is 16.7. The Morgan fingerprint density at radius 1 is 1.48 bits per heavy atom. The van der Waals surface area contributed by atoms with Crippen molar-refractivity contribution in [3.63, 3.8) is 0 Å². The van der Waals surface area contributed by atoms with E-state index in [2.05, 4.69) is 10.2 Å². The molecule has 0 unspecified atom stereocenters. The Kier molecular flexibility index (Phi) is 3.61. The monoisotopic (exact) mass is 290 g/mol. The number of rotatable bonds is 2. The molecule has 108 valence electrons. The van der Waals surface area contributed by atoms with Gasteiger partial charge >= 0.3 is 0 Å². The van der Waals surface area contributed by atoms with Gasteiger partial charge in [-0.3, -0.25) is 10.2 Å². The van der Waals surface area contributed by atoms with Crippen molar-refractivity contribution in [3.05, 3.63) is 34.4 Å². The summed E-state index contributed by atoms with van der Waals surface area (Å²) in [5.41, 5.74) is 1.88. The molecule has 2 rings (SSSR count). The summed E-state index contributed by atoms with van der Waals surface area (Å²) in [5, 5.41) is 33.7. The Balaban J connectivity index is 2.52. The Morgan fingerprint density at radius 3 is 2.76 bits per heavy atom. The molecule has 0 aliphatic heterocycles. The van der Waals surface area contributed by atoms with Crippen molar-refractivity contribution >= 4 is 28.5 Å². The third-order valence-electron chi connectivity index (χ3n) is 2.59. The van der Waals surface area contributed by atoms with E-state index in [9.17, 15) is 20.0 Å². The minimum absolute atomic E-state index is 0.0457. The van der Waals surface area contributed by atoms with Crippen LogP contribution in [-0.2, 0) is 0 Å². The van der Waals surface area contributed by atoms with Crippen molar-refractivity contribution in [3.8, 4) is 5.88 Å². The number of hydrazine groups is 1. The van der Waals surface area contributed by atoms with Gasteiger partial charge in [-0.2, -0.15) is 0 Å². The summed E-state index contributed by atoms with van der Waals surface area (Å²) in [6.45, 7) is 1.27. The highest BCUT2D eigenvalue weighted by Crippen LogP contribution is 2.38. The largest absolute Gasteiger partial charge is 0.493 e. The molecule has 2 aromatic rings. The van der Waals surface area contributed by atoms with Crippen molar-refractivity contribution in [2.24, 2.45) is 10.2 Å². The zero-order valence-electron chi connectivity index (χ0n) is 10.8. The Labute approximate surface area is 117 Å². The molecule has 0 spiro atoms. The first-order chi connectivity index (χ1) is 9.91. The molecule has 0 fully saturated rings. The molecular formula is C11H10N6O4. The number of fused-ring (bicyclic) bond motifs is 1. The summed E-state index contributed by atoms with van der Waals surface area (Å²) >= 11 is 0. The molecule has 0 aliphatic carbocycles. The van der Waals surface area contributed by atoms with E-state index in [1.165, 1.54) is 12.3 Å². The van der Waals surface area contributed by atoms with Gasteiger partial charge in [0, 0.05) is 12.3 Å². The lowest BCUT2D eigenvalue weighted by molar-refractivity contribution is -0.525. The molecular weight excluding hydrogens is 280 g/mol. The van der Waals surface area contributed by atoms with Crippen LogP contribution in [0.3, 0.4) is 0 Å². The number of azo groups is 1. The van der Waals surface area contributed by atoms with Crippen LogP contribution in [0.25, 0.3) is 10.9 Å². The van der Waals surface area contributed by atoms with Crippen LogP contribution in [-0.4, -0.2) is 26.6 Å². The smallest absolute Gasteiger partial charge is 0.296 e. The minimum atomic E-state index is -0.958.